The van der Waals surface area contributed by atoms with Crippen molar-refractivity contribution in [2.24, 2.45) is 5.73 Å². The highest BCUT2D eigenvalue weighted by Gasteiger charge is 2.45. The molecule has 0 fully saturated rings. The number of rotatable bonds is 24. The summed E-state index contributed by atoms with van der Waals surface area (Å²) in [5, 5.41) is 22.0. The van der Waals surface area contributed by atoms with Gasteiger partial charge >= 0.3 is 0 Å². The molecule has 12 nitrogen and oxygen atoms in total. The number of nitrogens with two attached hydrogens (primary N) is 1. The number of aryl methyl sites for hydroxylation is 3. The molecule has 0 spiro atoms. The van der Waals surface area contributed by atoms with Crippen LogP contribution in [0.3, 0.4) is 0 Å². The lowest BCUT2D eigenvalue weighted by atomic mass is 9.68. The second-order valence-corrected chi connectivity index (χ2v) is 41.3. The molecule has 0 bridgehead atoms. The minimum Gasteiger partial charge on any atom is -0.497 e. The Labute approximate surface area is 816 Å². The van der Waals surface area contributed by atoms with E-state index < -0.39 is 37.9 Å². The summed E-state index contributed by atoms with van der Waals surface area (Å²) in [5.74, 6) is 1.72. The minimum absolute atomic E-state index is 0.0812. The number of ether oxygens (including phenoxy) is 3. The molecule has 19 aromatic rings. The standard InChI is InChI=1S/C26H21NO.C21H21O4P.C21H21OP.C20H17NO.C18H15NO.C18H15OP/c28-25(27-24-19-11-4-12-20-24)26(21-13-5-1-6-14-21,22-15-7-2-8-16-22)23-17-9-3-10-18-23;1-23-16-4-10-19(11-5-16)26(22,20-12-6-17(24-2)7-13-20)21-14-8-18(25-3)9-15-21;1-16-4-10-19(11-5-16)23(22,20-12-6-17(2)7-13-20)21-14-8-18(3)9-15-21;21-19(22)20(16-10-4-1-5-11-16,17-12-6-2-7-13-17)18-14-8-3-9-15-18;20-18(15-7-3-1-4-8-15,16-9-5-2-6-10-16)17-11-13-19-14-12-17;19-20(16-10-4-1-5-11-16,17-12-6-2-7-13-17)18-14-8-3-9-15-18/h1-20H,(H,27,28);4-15H,1-3H3;4-15H,1-3H3;1-15H,(H2,21,22);1-14,20H;1-15H. The molecule has 1 aromatic heterocycles. The van der Waals surface area contributed by atoms with Gasteiger partial charge in [-0.05, 0) is 168 Å². The first-order valence-electron chi connectivity index (χ1n) is 45.7. The summed E-state index contributed by atoms with van der Waals surface area (Å²) in [6.07, 6.45) is 3.40. The maximum Gasteiger partial charge on any atom is 0.244 e. The number of pyridine rings is 1. The average molecular weight is 1880 g/mol. The summed E-state index contributed by atoms with van der Waals surface area (Å²) in [5.41, 5.74) is 15.0. The third kappa shape index (κ3) is 22.8. The molecule has 2 amide bonds. The van der Waals surface area contributed by atoms with Gasteiger partial charge in [0.15, 0.2) is 21.4 Å². The summed E-state index contributed by atoms with van der Waals surface area (Å²) in [4.78, 5) is 30.6. The molecule has 0 aliphatic heterocycles. The zero-order valence-electron chi connectivity index (χ0n) is 78.4. The molecule has 0 radical (unpaired) electrons. The number of aromatic nitrogens is 1. The second-order valence-electron chi connectivity index (χ2n) is 33.0. The molecule has 0 aliphatic rings. The predicted octanol–water partition coefficient (Wildman–Crippen LogP) is 23.5. The van der Waals surface area contributed by atoms with E-state index in [1.54, 1.807) is 33.7 Å². The zero-order valence-corrected chi connectivity index (χ0v) is 81.1. The van der Waals surface area contributed by atoms with Crippen molar-refractivity contribution in [3.05, 3.63) is 601 Å². The van der Waals surface area contributed by atoms with Crippen molar-refractivity contribution >= 4 is 86.7 Å². The molecular formula is C124H110N3O9P3. The van der Waals surface area contributed by atoms with E-state index in [-0.39, 0.29) is 11.8 Å². The van der Waals surface area contributed by atoms with Crippen molar-refractivity contribution in [3.8, 4) is 17.2 Å². The minimum atomic E-state index is -3.03. The van der Waals surface area contributed by atoms with Gasteiger partial charge in [0, 0.05) is 65.8 Å². The molecule has 0 saturated carbocycles. The van der Waals surface area contributed by atoms with E-state index in [4.69, 9.17) is 19.9 Å². The third-order valence-electron chi connectivity index (χ3n) is 24.3. The number of hydrogen-bond acceptors (Lipinski definition) is 10. The number of methoxy groups -OCH3 is 3. The molecule has 139 heavy (non-hydrogen) atoms. The van der Waals surface area contributed by atoms with Crippen LogP contribution in [0.5, 0.6) is 17.2 Å². The smallest absolute Gasteiger partial charge is 0.244 e. The Kier molecular flexibility index (Phi) is 33.9. The van der Waals surface area contributed by atoms with E-state index >= 15 is 0 Å². The molecule has 19 rings (SSSR count). The molecular weight excluding hydrogens is 1770 g/mol. The van der Waals surface area contributed by atoms with Gasteiger partial charge in [0.1, 0.15) is 33.7 Å². The number of carbonyl (C=O) groups excluding carboxylic acids is 2. The van der Waals surface area contributed by atoms with Gasteiger partial charge in [0.05, 0.1) is 21.3 Å². The normalized spacial score (nSPS) is 11.2. The molecule has 690 valence electrons. The van der Waals surface area contributed by atoms with Crippen molar-refractivity contribution in [1.82, 2.24) is 4.98 Å². The van der Waals surface area contributed by atoms with E-state index in [9.17, 15) is 28.4 Å². The molecule has 4 N–H and O–H groups in total. The number of nitrogens with zero attached hydrogens (tertiary/aromatic N) is 1. The summed E-state index contributed by atoms with van der Waals surface area (Å²) >= 11 is 0. The number of anilines is 1. The lowest BCUT2D eigenvalue weighted by Crippen LogP contribution is -2.43. The van der Waals surface area contributed by atoms with Crippen LogP contribution < -0.4 is 73.0 Å². The van der Waals surface area contributed by atoms with Crippen LogP contribution in [-0.4, -0.2) is 43.2 Å². The molecule has 1 heterocycles. The average Bonchev–Trinajstić information content (AvgIpc) is 0.738. The third-order valence-corrected chi connectivity index (χ3v) is 33.6. The van der Waals surface area contributed by atoms with Crippen LogP contribution in [0.25, 0.3) is 0 Å². The van der Waals surface area contributed by atoms with Crippen molar-refractivity contribution in [1.29, 1.82) is 0 Å². The van der Waals surface area contributed by atoms with Crippen molar-refractivity contribution in [2.75, 3.05) is 26.6 Å². The molecule has 0 saturated heterocycles. The van der Waals surface area contributed by atoms with E-state index in [2.05, 4.69) is 10.3 Å². The predicted molar refractivity (Wildman–Crippen MR) is 573 cm³/mol. The Morgan fingerprint density at radius 1 is 0.245 bits per heavy atom. The summed E-state index contributed by atoms with van der Waals surface area (Å²) < 4.78 is 58.0. The summed E-state index contributed by atoms with van der Waals surface area (Å²) in [6, 6.07) is 167. The fraction of sp³-hybridized carbons (Fsp3) is 0.0726. The largest absolute Gasteiger partial charge is 0.497 e. The molecule has 18 aromatic carbocycles. The highest BCUT2D eigenvalue weighted by Crippen LogP contribution is 2.48. The number of primary amides is 1. The van der Waals surface area contributed by atoms with Gasteiger partial charge in [-0.1, -0.05) is 441 Å². The Morgan fingerprint density at radius 2 is 0.424 bits per heavy atom. The number of nitrogens with one attached hydrogen (secondary N) is 1. The quantitative estimate of drug-likeness (QED) is 0.0389. The van der Waals surface area contributed by atoms with Crippen molar-refractivity contribution in [2.45, 2.75) is 37.2 Å². The maximum absolute atomic E-state index is 14.3. The van der Waals surface area contributed by atoms with Crippen molar-refractivity contribution in [3.63, 3.8) is 0 Å². The van der Waals surface area contributed by atoms with Crippen LogP contribution in [0.2, 0.25) is 0 Å². The number of hydrogen-bond donors (Lipinski definition) is 3. The highest BCUT2D eigenvalue weighted by molar-refractivity contribution is 7.86. The molecule has 0 unspecified atom stereocenters. The fourth-order valence-corrected chi connectivity index (χ4v) is 24.9. The van der Waals surface area contributed by atoms with Crippen LogP contribution in [0.1, 0.15) is 66.8 Å². The summed E-state index contributed by atoms with van der Waals surface area (Å²) in [6.45, 7) is 6.14. The van der Waals surface area contributed by atoms with Crippen LogP contribution in [-0.2, 0) is 39.7 Å². The number of benzene rings is 18. The van der Waals surface area contributed by atoms with E-state index in [1.165, 1.54) is 16.7 Å². The van der Waals surface area contributed by atoms with Crippen LogP contribution in [0.4, 0.5) is 5.69 Å². The number of carbonyl (C=O) groups is 2. The Hall–Kier alpha value is -15.9. The number of amides is 2. The second kappa shape index (κ2) is 47.5. The zero-order chi connectivity index (χ0) is 97.3. The molecule has 0 aliphatic carbocycles. The maximum atomic E-state index is 14.3. The van der Waals surface area contributed by atoms with Gasteiger partial charge in [0.2, 0.25) is 11.8 Å². The summed E-state index contributed by atoms with van der Waals surface area (Å²) in [7, 11) is -3.81. The monoisotopic (exact) mass is 1880 g/mol. The number of para-hydroxylation sites is 1. The van der Waals surface area contributed by atoms with E-state index in [1.807, 2.05) is 542 Å². The SMILES string of the molecule is COc1ccc(P(=O)(c2ccc(OC)cc2)c2ccc(OC)cc2)cc1.Cc1ccc(P(=O)(c2ccc(C)cc2)c2ccc(C)cc2)cc1.NC(=O)C(c1ccccc1)(c1ccccc1)c1ccccc1.O=C(Nc1ccccc1)C(c1ccccc1)(c1ccccc1)c1ccccc1.O=P(c1ccccc1)(c1ccccc1)c1ccccc1.OC(c1ccccc1)(c1ccccc1)c1ccncc1. The van der Waals surface area contributed by atoms with Gasteiger partial charge in [0.25, 0.3) is 0 Å². The first-order chi connectivity index (χ1) is 67.8. The molecule has 15 heteroatoms. The van der Waals surface area contributed by atoms with Gasteiger partial charge in [-0.15, -0.1) is 0 Å². The number of aliphatic hydroxyl groups is 1. The molecule has 0 atom stereocenters. The highest BCUT2D eigenvalue weighted by atomic mass is 31.2. The van der Waals surface area contributed by atoms with E-state index in [0.29, 0.717) is 0 Å². The first-order valence-corrected chi connectivity index (χ1v) is 50.8. The Balaban J connectivity index is 0.000000134. The lowest BCUT2D eigenvalue weighted by molar-refractivity contribution is -0.121. The Morgan fingerprint density at radius 3 is 0.640 bits per heavy atom. The van der Waals surface area contributed by atoms with Crippen LogP contribution in [0.15, 0.2) is 534 Å². The topological polar surface area (TPSA) is 184 Å². The van der Waals surface area contributed by atoms with Crippen molar-refractivity contribution < 1.29 is 42.6 Å². The Bertz CT molecular complexity index is 6540. The van der Waals surface area contributed by atoms with E-state index in [0.717, 1.165) is 121 Å². The van der Waals surface area contributed by atoms with Gasteiger partial charge in [-0.2, -0.15) is 0 Å². The van der Waals surface area contributed by atoms with Crippen LogP contribution >= 0.6 is 21.4 Å². The van der Waals surface area contributed by atoms with Gasteiger partial charge in [-0.3, -0.25) is 14.6 Å². The first kappa shape index (κ1) is 99.1. The fourth-order valence-electron chi connectivity index (χ4n) is 17.0. The van der Waals surface area contributed by atoms with Crippen LogP contribution in [0, 0.1) is 20.8 Å². The lowest BCUT2D eigenvalue weighted by Gasteiger charge is -2.34. The van der Waals surface area contributed by atoms with Gasteiger partial charge < -0.3 is 44.1 Å². The van der Waals surface area contributed by atoms with Gasteiger partial charge in [-0.25, -0.2) is 0 Å².